The number of benzene rings is 1. The van der Waals surface area contributed by atoms with Gasteiger partial charge in [-0.25, -0.2) is 9.97 Å². The highest BCUT2D eigenvalue weighted by atomic mass is 32.1. The van der Waals surface area contributed by atoms with Gasteiger partial charge in [0, 0.05) is 48.9 Å². The molecule has 1 saturated heterocycles. The molecule has 0 unspecified atom stereocenters. The Kier molecular flexibility index (Phi) is 5.17. The van der Waals surface area contributed by atoms with Crippen LogP contribution in [0.4, 0.5) is 11.1 Å². The van der Waals surface area contributed by atoms with Gasteiger partial charge in [-0.15, -0.1) is 11.3 Å². The summed E-state index contributed by atoms with van der Waals surface area (Å²) in [6.07, 6.45) is 0. The largest absolute Gasteiger partial charge is 0.345 e. The fourth-order valence-electron chi connectivity index (χ4n) is 3.40. The third-order valence-corrected chi connectivity index (χ3v) is 5.97. The molecule has 1 aliphatic heterocycles. The number of nitrogens with zero attached hydrogens (tertiary/aromatic N) is 4. The van der Waals surface area contributed by atoms with Crippen molar-refractivity contribution in [3.05, 3.63) is 57.3 Å². The Morgan fingerprint density at radius 1 is 1.04 bits per heavy atom. The van der Waals surface area contributed by atoms with Crippen LogP contribution < -0.4 is 15.4 Å². The van der Waals surface area contributed by atoms with Crippen LogP contribution in [0.25, 0.3) is 11.3 Å². The molecule has 4 rings (SSSR count). The number of aryl methyl sites for hydroxylation is 1. The van der Waals surface area contributed by atoms with E-state index < -0.39 is 0 Å². The minimum atomic E-state index is -0.0991. The highest BCUT2D eigenvalue weighted by Crippen LogP contribution is 2.29. The first kappa shape index (κ1) is 18.7. The second-order valence-corrected chi connectivity index (χ2v) is 8.31. The van der Waals surface area contributed by atoms with E-state index in [9.17, 15) is 4.79 Å². The minimum Gasteiger partial charge on any atom is -0.345 e. The van der Waals surface area contributed by atoms with E-state index in [-0.39, 0.29) is 5.56 Å². The van der Waals surface area contributed by atoms with Gasteiger partial charge in [-0.05, 0) is 18.4 Å². The molecule has 1 N–H and O–H groups in total. The summed E-state index contributed by atoms with van der Waals surface area (Å²) in [4.78, 5) is 28.3. The van der Waals surface area contributed by atoms with E-state index in [0.717, 1.165) is 48.3 Å². The van der Waals surface area contributed by atoms with Crippen molar-refractivity contribution in [2.75, 3.05) is 36.0 Å². The number of nitrogens with one attached hydrogen (secondary N) is 1. The van der Waals surface area contributed by atoms with Crippen LogP contribution in [0, 0.1) is 6.92 Å². The van der Waals surface area contributed by atoms with Crippen LogP contribution in [0.3, 0.4) is 0 Å². The van der Waals surface area contributed by atoms with Crippen LogP contribution in [0.15, 0.2) is 40.5 Å². The molecule has 0 amide bonds. The molecule has 6 nitrogen and oxygen atoms in total. The Balaban J connectivity index is 1.43. The molecule has 1 aliphatic rings. The van der Waals surface area contributed by atoms with E-state index in [4.69, 9.17) is 4.98 Å². The molecule has 3 aromatic rings. The Hall–Kier alpha value is -2.67. The van der Waals surface area contributed by atoms with Crippen molar-refractivity contribution in [1.82, 2.24) is 15.0 Å². The first-order valence-corrected chi connectivity index (χ1v) is 10.5. The zero-order chi connectivity index (χ0) is 19.7. The number of H-pyrrole nitrogens is 1. The molecule has 28 heavy (non-hydrogen) atoms. The van der Waals surface area contributed by atoms with E-state index in [0.29, 0.717) is 11.9 Å². The summed E-state index contributed by atoms with van der Waals surface area (Å²) in [5.41, 5.74) is 4.18. The van der Waals surface area contributed by atoms with Crippen LogP contribution in [0.5, 0.6) is 0 Å². The minimum absolute atomic E-state index is 0.0991. The topological polar surface area (TPSA) is 65.1 Å². The van der Waals surface area contributed by atoms with Gasteiger partial charge in [0.25, 0.3) is 5.56 Å². The molecule has 2 aromatic heterocycles. The van der Waals surface area contributed by atoms with Crippen molar-refractivity contribution >= 4 is 22.4 Å². The van der Waals surface area contributed by atoms with Crippen LogP contribution >= 0.6 is 11.3 Å². The molecule has 0 radical (unpaired) electrons. The Morgan fingerprint density at radius 3 is 2.36 bits per heavy atom. The zero-order valence-corrected chi connectivity index (χ0v) is 17.3. The number of aromatic nitrogens is 3. The molecule has 3 heterocycles. The highest BCUT2D eigenvalue weighted by molar-refractivity contribution is 7.14. The standard InChI is InChI=1S/C21H25N5OS/c1-14(2)16-4-6-17(7-5-16)18-13-28-21(23-18)26-10-8-25(9-11-26)20-22-15(3)12-19(27)24-20/h4-7,12-14H,8-11H2,1-3H3,(H,22,24,27). The number of hydrogen-bond donors (Lipinski definition) is 1. The quantitative estimate of drug-likeness (QED) is 0.730. The Morgan fingerprint density at radius 2 is 1.71 bits per heavy atom. The lowest BCUT2D eigenvalue weighted by atomic mass is 10.0. The SMILES string of the molecule is Cc1cc(=O)[nH]c(N2CCN(c3nc(-c4ccc(C(C)C)cc4)cs3)CC2)n1. The number of aromatic amines is 1. The smallest absolute Gasteiger partial charge is 0.252 e. The van der Waals surface area contributed by atoms with Crippen molar-refractivity contribution in [2.24, 2.45) is 0 Å². The third-order valence-electron chi connectivity index (χ3n) is 5.07. The van der Waals surface area contributed by atoms with Crippen LogP contribution in [-0.4, -0.2) is 41.1 Å². The summed E-state index contributed by atoms with van der Waals surface area (Å²) in [6, 6.07) is 10.2. The second-order valence-electron chi connectivity index (χ2n) is 7.48. The highest BCUT2D eigenvalue weighted by Gasteiger charge is 2.21. The van der Waals surface area contributed by atoms with E-state index >= 15 is 0 Å². The van der Waals surface area contributed by atoms with Gasteiger partial charge in [0.1, 0.15) is 0 Å². The average Bonchev–Trinajstić information content (AvgIpc) is 3.18. The average molecular weight is 396 g/mol. The molecule has 1 fully saturated rings. The summed E-state index contributed by atoms with van der Waals surface area (Å²) < 4.78 is 0. The van der Waals surface area contributed by atoms with E-state index in [1.54, 1.807) is 11.3 Å². The lowest BCUT2D eigenvalue weighted by molar-refractivity contribution is 0.637. The van der Waals surface area contributed by atoms with Crippen molar-refractivity contribution in [3.63, 3.8) is 0 Å². The Labute approximate surface area is 168 Å². The lowest BCUT2D eigenvalue weighted by Gasteiger charge is -2.34. The number of anilines is 2. The van der Waals surface area contributed by atoms with Crippen molar-refractivity contribution < 1.29 is 0 Å². The molecule has 0 saturated carbocycles. The molecule has 146 valence electrons. The third kappa shape index (κ3) is 3.94. The number of hydrogen-bond acceptors (Lipinski definition) is 6. The fraction of sp³-hybridized carbons (Fsp3) is 0.381. The normalized spacial score (nSPS) is 14.7. The molecular weight excluding hydrogens is 370 g/mol. The van der Waals surface area contributed by atoms with Crippen LogP contribution in [-0.2, 0) is 0 Å². The molecule has 7 heteroatoms. The summed E-state index contributed by atoms with van der Waals surface area (Å²) in [5, 5.41) is 3.18. The van der Waals surface area contributed by atoms with Gasteiger partial charge in [-0.3, -0.25) is 9.78 Å². The molecule has 0 atom stereocenters. The lowest BCUT2D eigenvalue weighted by Crippen LogP contribution is -2.47. The van der Waals surface area contributed by atoms with Gasteiger partial charge >= 0.3 is 0 Å². The summed E-state index contributed by atoms with van der Waals surface area (Å²) >= 11 is 1.69. The number of rotatable bonds is 4. The van der Waals surface area contributed by atoms with Gasteiger partial charge in [0.2, 0.25) is 5.95 Å². The summed E-state index contributed by atoms with van der Waals surface area (Å²) in [5.74, 6) is 1.20. The summed E-state index contributed by atoms with van der Waals surface area (Å²) in [7, 11) is 0. The molecule has 1 aromatic carbocycles. The monoisotopic (exact) mass is 395 g/mol. The first-order valence-electron chi connectivity index (χ1n) is 9.63. The van der Waals surface area contributed by atoms with Crippen LogP contribution in [0.1, 0.15) is 31.0 Å². The molecule has 0 aliphatic carbocycles. The number of piperazine rings is 1. The number of thiazole rings is 1. The van der Waals surface area contributed by atoms with Gasteiger partial charge < -0.3 is 9.80 Å². The van der Waals surface area contributed by atoms with Gasteiger partial charge in [0.05, 0.1) is 5.69 Å². The van der Waals surface area contributed by atoms with Crippen molar-refractivity contribution in [1.29, 1.82) is 0 Å². The fourth-order valence-corrected chi connectivity index (χ4v) is 4.29. The Bertz CT molecular complexity index is 1000. The predicted molar refractivity (Wildman–Crippen MR) is 116 cm³/mol. The van der Waals surface area contributed by atoms with Crippen molar-refractivity contribution in [3.8, 4) is 11.3 Å². The van der Waals surface area contributed by atoms with Crippen molar-refractivity contribution in [2.45, 2.75) is 26.7 Å². The summed E-state index contributed by atoms with van der Waals surface area (Å²) in [6.45, 7) is 9.59. The molecule has 0 bridgehead atoms. The van der Waals surface area contributed by atoms with E-state index in [1.165, 1.54) is 11.6 Å². The zero-order valence-electron chi connectivity index (χ0n) is 16.5. The van der Waals surface area contributed by atoms with Gasteiger partial charge in [-0.1, -0.05) is 38.1 Å². The van der Waals surface area contributed by atoms with Gasteiger partial charge in [0.15, 0.2) is 5.13 Å². The second kappa shape index (κ2) is 7.75. The maximum Gasteiger partial charge on any atom is 0.252 e. The maximum absolute atomic E-state index is 11.7. The van der Waals surface area contributed by atoms with E-state index in [2.05, 4.69) is 63.3 Å². The predicted octanol–water partition coefficient (Wildman–Crippen LogP) is 3.65. The molecular formula is C21H25N5OS. The maximum atomic E-state index is 11.7. The molecule has 0 spiro atoms. The van der Waals surface area contributed by atoms with Gasteiger partial charge in [-0.2, -0.15) is 0 Å². The van der Waals surface area contributed by atoms with E-state index in [1.807, 2.05) is 6.92 Å². The van der Waals surface area contributed by atoms with Crippen LogP contribution in [0.2, 0.25) is 0 Å². The first-order chi connectivity index (χ1) is 13.5.